The molecule has 28 heavy (non-hydrogen) atoms. The summed E-state index contributed by atoms with van der Waals surface area (Å²) in [5.74, 6) is 3.22. The first-order valence-electron chi connectivity index (χ1n) is 11.3. The van der Waals surface area contributed by atoms with Crippen LogP contribution in [0.25, 0.3) is 5.57 Å². The van der Waals surface area contributed by atoms with E-state index in [1.54, 1.807) is 6.07 Å². The molecule has 0 amide bonds. The van der Waals surface area contributed by atoms with Crippen LogP contribution in [0.5, 0.6) is 5.75 Å². The van der Waals surface area contributed by atoms with E-state index in [1.807, 2.05) is 13.0 Å². The molecule has 3 heteroatoms. The average Bonchev–Trinajstić information content (AvgIpc) is 2.72. The van der Waals surface area contributed by atoms with E-state index in [0.717, 1.165) is 42.1 Å². The summed E-state index contributed by atoms with van der Waals surface area (Å²) in [4.78, 5) is 0. The van der Waals surface area contributed by atoms with Gasteiger partial charge in [0.25, 0.3) is 0 Å². The molecule has 0 N–H and O–H groups in total. The van der Waals surface area contributed by atoms with Crippen LogP contribution in [0.3, 0.4) is 0 Å². The highest BCUT2D eigenvalue weighted by molar-refractivity contribution is 6.32. The highest BCUT2D eigenvalue weighted by Crippen LogP contribution is 2.44. The molecule has 0 radical (unpaired) electrons. The van der Waals surface area contributed by atoms with Gasteiger partial charge >= 0.3 is 0 Å². The van der Waals surface area contributed by atoms with Crippen molar-refractivity contribution in [2.75, 3.05) is 6.61 Å². The Balaban J connectivity index is 1.61. The molecular weight excluding hydrogens is 371 g/mol. The maximum absolute atomic E-state index is 14.5. The molecular formula is C25H36ClFO. The number of ether oxygens (including phenoxy) is 1. The molecule has 2 unspecified atom stereocenters. The molecule has 2 atom stereocenters. The Morgan fingerprint density at radius 2 is 1.86 bits per heavy atom. The molecule has 1 nitrogen and oxygen atoms in total. The first-order chi connectivity index (χ1) is 13.5. The maximum Gasteiger partial charge on any atom is 0.184 e. The highest BCUT2D eigenvalue weighted by Gasteiger charge is 2.31. The van der Waals surface area contributed by atoms with Crippen molar-refractivity contribution in [1.29, 1.82) is 0 Å². The number of halogens is 2. The number of benzene rings is 1. The molecule has 0 spiro atoms. The maximum atomic E-state index is 14.5. The molecule has 1 aromatic rings. The molecule has 2 aliphatic rings. The molecule has 0 heterocycles. The van der Waals surface area contributed by atoms with E-state index in [9.17, 15) is 4.39 Å². The van der Waals surface area contributed by atoms with Crippen LogP contribution in [0.1, 0.15) is 84.1 Å². The minimum atomic E-state index is -0.429. The highest BCUT2D eigenvalue weighted by atomic mass is 35.5. The van der Waals surface area contributed by atoms with Crippen molar-refractivity contribution in [1.82, 2.24) is 0 Å². The summed E-state index contributed by atoms with van der Waals surface area (Å²) in [6.45, 7) is 7.07. The van der Waals surface area contributed by atoms with E-state index in [4.69, 9.17) is 16.3 Å². The Morgan fingerprint density at radius 3 is 2.46 bits per heavy atom. The van der Waals surface area contributed by atoms with Gasteiger partial charge in [-0.2, -0.15) is 0 Å². The number of hydrogen-bond acceptors (Lipinski definition) is 1. The summed E-state index contributed by atoms with van der Waals surface area (Å²) in [6, 6.07) is 3.63. The Bertz CT molecular complexity index is 675. The Morgan fingerprint density at radius 1 is 1.11 bits per heavy atom. The number of hydrogen-bond donors (Lipinski definition) is 0. The van der Waals surface area contributed by atoms with Crippen LogP contribution in [-0.4, -0.2) is 6.61 Å². The van der Waals surface area contributed by atoms with Crippen LogP contribution in [0, 0.1) is 29.5 Å². The second-order valence-corrected chi connectivity index (χ2v) is 9.24. The molecule has 1 fully saturated rings. The topological polar surface area (TPSA) is 9.23 Å². The molecule has 0 bridgehead atoms. The third-order valence-electron chi connectivity index (χ3n) is 7.22. The lowest BCUT2D eigenvalue weighted by atomic mass is 9.68. The molecule has 1 aromatic carbocycles. The lowest BCUT2D eigenvalue weighted by Crippen LogP contribution is -2.26. The molecule has 156 valence electrons. The minimum absolute atomic E-state index is 0.206. The fourth-order valence-electron chi connectivity index (χ4n) is 5.42. The van der Waals surface area contributed by atoms with E-state index in [-0.39, 0.29) is 10.8 Å². The molecule has 0 saturated heterocycles. The third kappa shape index (κ3) is 4.93. The third-order valence-corrected chi connectivity index (χ3v) is 7.59. The predicted molar refractivity (Wildman–Crippen MR) is 117 cm³/mol. The largest absolute Gasteiger partial charge is 0.491 e. The van der Waals surface area contributed by atoms with Crippen LogP contribution < -0.4 is 4.74 Å². The van der Waals surface area contributed by atoms with Crippen molar-refractivity contribution in [3.63, 3.8) is 0 Å². The summed E-state index contributed by atoms with van der Waals surface area (Å²) in [5, 5.41) is 0.206. The Hall–Kier alpha value is -1.02. The summed E-state index contributed by atoms with van der Waals surface area (Å²) < 4.78 is 19.8. The van der Waals surface area contributed by atoms with Gasteiger partial charge in [0.1, 0.15) is 0 Å². The van der Waals surface area contributed by atoms with Gasteiger partial charge < -0.3 is 4.74 Å². The molecule has 1 saturated carbocycles. The van der Waals surface area contributed by atoms with Crippen LogP contribution in [0.15, 0.2) is 18.2 Å². The van der Waals surface area contributed by atoms with Gasteiger partial charge in [-0.3, -0.25) is 0 Å². The van der Waals surface area contributed by atoms with Crippen molar-refractivity contribution in [2.45, 2.75) is 78.6 Å². The van der Waals surface area contributed by atoms with E-state index in [2.05, 4.69) is 19.9 Å². The Labute approximate surface area is 175 Å². The van der Waals surface area contributed by atoms with Crippen molar-refractivity contribution in [3.05, 3.63) is 34.6 Å². The quantitative estimate of drug-likeness (QED) is 0.442. The van der Waals surface area contributed by atoms with Gasteiger partial charge in [0.2, 0.25) is 0 Å². The smallest absolute Gasteiger partial charge is 0.184 e. The second kappa shape index (κ2) is 10.1. The first-order valence-corrected chi connectivity index (χ1v) is 11.7. The van der Waals surface area contributed by atoms with Crippen LogP contribution in [-0.2, 0) is 0 Å². The van der Waals surface area contributed by atoms with Crippen LogP contribution in [0.4, 0.5) is 4.39 Å². The lowest BCUT2D eigenvalue weighted by Gasteiger charge is -2.37. The van der Waals surface area contributed by atoms with E-state index >= 15 is 0 Å². The standard InChI is InChI=1S/C25H36ClFO/c1-4-6-18-7-9-19(10-8-18)17(3)20-11-13-21(14-12-20)22-15-16-23(28-5-2)25(27)24(22)26/h13,15-20H,4-12,14H2,1-3H3. The normalized spacial score (nSPS) is 26.6. The van der Waals surface area contributed by atoms with Gasteiger partial charge in [0.15, 0.2) is 11.6 Å². The minimum Gasteiger partial charge on any atom is -0.491 e. The van der Waals surface area contributed by atoms with Gasteiger partial charge in [-0.25, -0.2) is 4.39 Å². The molecule has 0 aromatic heterocycles. The average molecular weight is 407 g/mol. The number of allylic oxidation sites excluding steroid dienone is 2. The van der Waals surface area contributed by atoms with Gasteiger partial charge in [0, 0.05) is 0 Å². The summed E-state index contributed by atoms with van der Waals surface area (Å²) in [7, 11) is 0. The number of rotatable bonds is 7. The van der Waals surface area contributed by atoms with Crippen molar-refractivity contribution in [3.8, 4) is 5.75 Å². The fourth-order valence-corrected chi connectivity index (χ4v) is 5.70. The van der Waals surface area contributed by atoms with Gasteiger partial charge in [-0.15, -0.1) is 0 Å². The van der Waals surface area contributed by atoms with Gasteiger partial charge in [-0.1, -0.05) is 57.2 Å². The zero-order chi connectivity index (χ0) is 20.1. The van der Waals surface area contributed by atoms with Gasteiger partial charge in [-0.05, 0) is 86.0 Å². The van der Waals surface area contributed by atoms with Crippen LogP contribution in [0.2, 0.25) is 5.02 Å². The fraction of sp³-hybridized carbons (Fsp3) is 0.680. The van der Waals surface area contributed by atoms with E-state index < -0.39 is 5.82 Å². The first kappa shape index (κ1) is 21.7. The van der Waals surface area contributed by atoms with Gasteiger partial charge in [0.05, 0.1) is 11.6 Å². The predicted octanol–water partition coefficient (Wildman–Crippen LogP) is 8.30. The zero-order valence-electron chi connectivity index (χ0n) is 17.8. The monoisotopic (exact) mass is 406 g/mol. The van der Waals surface area contributed by atoms with Crippen molar-refractivity contribution >= 4 is 17.2 Å². The summed E-state index contributed by atoms with van der Waals surface area (Å²) >= 11 is 6.33. The SMILES string of the molecule is CCCC1CCC(C(C)C2CC=C(c3ccc(OCC)c(F)c3Cl)CC2)CC1. The van der Waals surface area contributed by atoms with Crippen molar-refractivity contribution < 1.29 is 9.13 Å². The summed E-state index contributed by atoms with van der Waals surface area (Å²) in [5.41, 5.74) is 2.04. The van der Waals surface area contributed by atoms with E-state index in [0.29, 0.717) is 6.61 Å². The van der Waals surface area contributed by atoms with Crippen LogP contribution >= 0.6 is 11.6 Å². The molecule has 2 aliphatic carbocycles. The summed E-state index contributed by atoms with van der Waals surface area (Å²) in [6.07, 6.45) is 14.0. The second-order valence-electron chi connectivity index (χ2n) is 8.86. The molecule has 3 rings (SSSR count). The Kier molecular flexibility index (Phi) is 7.85. The van der Waals surface area contributed by atoms with Crippen molar-refractivity contribution in [2.24, 2.45) is 23.7 Å². The lowest BCUT2D eigenvalue weighted by molar-refractivity contribution is 0.155. The van der Waals surface area contributed by atoms with E-state index in [1.165, 1.54) is 50.5 Å². The molecule has 0 aliphatic heterocycles. The zero-order valence-corrected chi connectivity index (χ0v) is 18.5.